The van der Waals surface area contributed by atoms with Crippen molar-refractivity contribution < 1.29 is 4.79 Å². The van der Waals surface area contributed by atoms with Gasteiger partial charge in [-0.2, -0.15) is 0 Å². The molecule has 0 spiro atoms. The van der Waals surface area contributed by atoms with Gasteiger partial charge in [0.1, 0.15) is 0 Å². The fraction of sp³-hybridized carbons (Fsp3) is 0.211. The van der Waals surface area contributed by atoms with E-state index in [4.69, 9.17) is 11.6 Å². The predicted octanol–water partition coefficient (Wildman–Crippen LogP) is 4.41. The molecule has 3 heteroatoms. The first-order valence-corrected chi connectivity index (χ1v) is 7.79. The molecule has 2 rings (SSSR count). The number of hydrogen-bond donors (Lipinski definition) is 1. The van der Waals surface area contributed by atoms with E-state index in [2.05, 4.69) is 36.5 Å². The molecule has 114 valence electrons. The summed E-state index contributed by atoms with van der Waals surface area (Å²) in [7, 11) is 0. The van der Waals surface area contributed by atoms with E-state index in [9.17, 15) is 4.79 Å². The number of nitrogens with one attached hydrogen (secondary N) is 1. The van der Waals surface area contributed by atoms with Crippen molar-refractivity contribution in [1.82, 2.24) is 5.32 Å². The van der Waals surface area contributed by atoms with Crippen LogP contribution in [-0.2, 0) is 11.2 Å². The number of carbonyl (C=O) groups is 1. The monoisotopic (exact) mass is 313 g/mol. The highest BCUT2D eigenvalue weighted by Gasteiger charge is 1.98. The minimum absolute atomic E-state index is 0.0934. The predicted molar refractivity (Wildman–Crippen MR) is 93.0 cm³/mol. The first-order valence-electron chi connectivity index (χ1n) is 7.41. The van der Waals surface area contributed by atoms with Gasteiger partial charge < -0.3 is 5.32 Å². The normalized spacial score (nSPS) is 10.8. The Hall–Kier alpha value is -2.06. The summed E-state index contributed by atoms with van der Waals surface area (Å²) >= 11 is 6.03. The van der Waals surface area contributed by atoms with Crippen LogP contribution in [0.15, 0.2) is 54.6 Å². The van der Waals surface area contributed by atoms with Crippen LogP contribution in [0.2, 0.25) is 5.02 Å². The smallest absolute Gasteiger partial charge is 0.244 e. The van der Waals surface area contributed by atoms with Crippen LogP contribution in [-0.4, -0.2) is 12.5 Å². The molecule has 2 aromatic carbocycles. The molecule has 0 radical (unpaired) electrons. The minimum Gasteiger partial charge on any atom is -0.353 e. The van der Waals surface area contributed by atoms with Crippen LogP contribution in [0.3, 0.4) is 0 Å². The van der Waals surface area contributed by atoms with Crippen molar-refractivity contribution in [3.8, 4) is 0 Å². The number of aryl methyl sites for hydroxylation is 2. The van der Waals surface area contributed by atoms with Crippen LogP contribution in [0.4, 0.5) is 0 Å². The summed E-state index contributed by atoms with van der Waals surface area (Å²) in [6.07, 6.45) is 5.15. The fourth-order valence-corrected chi connectivity index (χ4v) is 2.41. The van der Waals surface area contributed by atoms with E-state index in [0.717, 1.165) is 18.4 Å². The number of rotatable bonds is 6. The Balaban J connectivity index is 1.73. The summed E-state index contributed by atoms with van der Waals surface area (Å²) < 4.78 is 0. The van der Waals surface area contributed by atoms with Gasteiger partial charge in [-0.3, -0.25) is 4.79 Å². The lowest BCUT2D eigenvalue weighted by molar-refractivity contribution is -0.116. The van der Waals surface area contributed by atoms with E-state index in [0.29, 0.717) is 11.6 Å². The molecule has 0 aromatic heterocycles. The quantitative estimate of drug-likeness (QED) is 0.621. The summed E-state index contributed by atoms with van der Waals surface area (Å²) in [6.45, 7) is 2.75. The third kappa shape index (κ3) is 5.38. The zero-order valence-electron chi connectivity index (χ0n) is 12.7. The van der Waals surface area contributed by atoms with Gasteiger partial charge in [-0.15, -0.1) is 0 Å². The number of halogens is 1. The Kier molecular flexibility index (Phi) is 6.23. The second-order valence-electron chi connectivity index (χ2n) is 5.24. The summed E-state index contributed by atoms with van der Waals surface area (Å²) in [6, 6.07) is 15.9. The maximum Gasteiger partial charge on any atom is 0.244 e. The van der Waals surface area contributed by atoms with Gasteiger partial charge in [0.05, 0.1) is 0 Å². The van der Waals surface area contributed by atoms with Gasteiger partial charge in [0.15, 0.2) is 0 Å². The second-order valence-corrected chi connectivity index (χ2v) is 5.65. The molecular formula is C19H20ClNO. The van der Waals surface area contributed by atoms with E-state index in [1.165, 1.54) is 17.2 Å². The van der Waals surface area contributed by atoms with Crippen molar-refractivity contribution in [3.63, 3.8) is 0 Å². The van der Waals surface area contributed by atoms with Crippen molar-refractivity contribution in [2.24, 2.45) is 0 Å². The molecule has 0 unspecified atom stereocenters. The average molecular weight is 314 g/mol. The molecule has 1 amide bonds. The number of hydrogen-bond acceptors (Lipinski definition) is 1. The third-order valence-electron chi connectivity index (χ3n) is 3.34. The van der Waals surface area contributed by atoms with Gasteiger partial charge >= 0.3 is 0 Å². The van der Waals surface area contributed by atoms with Crippen molar-refractivity contribution in [1.29, 1.82) is 0 Å². The first-order chi connectivity index (χ1) is 10.6. The molecule has 22 heavy (non-hydrogen) atoms. The Labute approximate surface area is 136 Å². The lowest BCUT2D eigenvalue weighted by atomic mass is 10.1. The molecule has 0 saturated carbocycles. The highest BCUT2D eigenvalue weighted by Crippen LogP contribution is 2.16. The van der Waals surface area contributed by atoms with Crippen LogP contribution in [0, 0.1) is 6.92 Å². The molecular weight excluding hydrogens is 294 g/mol. The van der Waals surface area contributed by atoms with E-state index >= 15 is 0 Å². The lowest BCUT2D eigenvalue weighted by Gasteiger charge is -2.04. The zero-order valence-corrected chi connectivity index (χ0v) is 13.4. The van der Waals surface area contributed by atoms with E-state index in [-0.39, 0.29) is 5.91 Å². The molecule has 0 atom stereocenters. The maximum absolute atomic E-state index is 11.8. The van der Waals surface area contributed by atoms with Crippen LogP contribution >= 0.6 is 11.6 Å². The standard InChI is InChI=1S/C19H20ClNO/c1-15-6-4-7-16(14-15)8-5-13-21-19(22)12-11-17-9-2-3-10-18(17)20/h2-4,6-7,9-12,14H,5,8,13H2,1H3,(H,21,22)/b12-11+. The van der Waals surface area contributed by atoms with Gasteiger partial charge in [0, 0.05) is 17.6 Å². The molecule has 0 aliphatic rings. The van der Waals surface area contributed by atoms with Gasteiger partial charge in [-0.25, -0.2) is 0 Å². The zero-order chi connectivity index (χ0) is 15.8. The van der Waals surface area contributed by atoms with Gasteiger partial charge in [0.25, 0.3) is 0 Å². The molecule has 2 nitrogen and oxygen atoms in total. The van der Waals surface area contributed by atoms with Crippen molar-refractivity contribution in [2.75, 3.05) is 6.54 Å². The molecule has 0 aliphatic carbocycles. The fourth-order valence-electron chi connectivity index (χ4n) is 2.21. The second kappa shape index (κ2) is 8.40. The van der Waals surface area contributed by atoms with Crippen LogP contribution in [0.5, 0.6) is 0 Å². The molecule has 0 fully saturated rings. The Morgan fingerprint density at radius 3 is 2.77 bits per heavy atom. The Bertz CT molecular complexity index is 664. The highest BCUT2D eigenvalue weighted by atomic mass is 35.5. The molecule has 0 bridgehead atoms. The molecule has 0 heterocycles. The third-order valence-corrected chi connectivity index (χ3v) is 3.69. The topological polar surface area (TPSA) is 29.1 Å². The van der Waals surface area contributed by atoms with E-state index in [1.807, 2.05) is 18.2 Å². The Morgan fingerprint density at radius 2 is 2.00 bits per heavy atom. The SMILES string of the molecule is Cc1cccc(CCCNC(=O)/C=C/c2ccccc2Cl)c1. The van der Waals surface area contributed by atoms with Crippen LogP contribution in [0.25, 0.3) is 6.08 Å². The van der Waals surface area contributed by atoms with E-state index in [1.54, 1.807) is 12.1 Å². The first kappa shape index (κ1) is 16.3. The number of amides is 1. The average Bonchev–Trinajstić information content (AvgIpc) is 2.51. The van der Waals surface area contributed by atoms with Gasteiger partial charge in [-0.1, -0.05) is 59.6 Å². The van der Waals surface area contributed by atoms with Crippen LogP contribution in [0.1, 0.15) is 23.1 Å². The summed E-state index contributed by atoms with van der Waals surface area (Å²) in [5.74, 6) is -0.0934. The summed E-state index contributed by atoms with van der Waals surface area (Å²) in [5.41, 5.74) is 3.42. The minimum atomic E-state index is -0.0934. The van der Waals surface area contributed by atoms with E-state index < -0.39 is 0 Å². The van der Waals surface area contributed by atoms with Crippen molar-refractivity contribution >= 4 is 23.6 Å². The lowest BCUT2D eigenvalue weighted by Crippen LogP contribution is -2.22. The van der Waals surface area contributed by atoms with Crippen LogP contribution < -0.4 is 5.32 Å². The van der Waals surface area contributed by atoms with Crippen molar-refractivity contribution in [3.05, 3.63) is 76.3 Å². The molecule has 1 N–H and O–H groups in total. The number of benzene rings is 2. The summed E-state index contributed by atoms with van der Waals surface area (Å²) in [4.78, 5) is 11.8. The number of carbonyl (C=O) groups excluding carboxylic acids is 1. The summed E-state index contributed by atoms with van der Waals surface area (Å²) in [5, 5.41) is 3.53. The van der Waals surface area contributed by atoms with Gasteiger partial charge in [-0.05, 0) is 43.0 Å². The highest BCUT2D eigenvalue weighted by molar-refractivity contribution is 6.32. The molecule has 0 saturated heterocycles. The molecule has 0 aliphatic heterocycles. The molecule has 2 aromatic rings. The van der Waals surface area contributed by atoms with Crippen molar-refractivity contribution in [2.45, 2.75) is 19.8 Å². The van der Waals surface area contributed by atoms with Gasteiger partial charge in [0.2, 0.25) is 5.91 Å². The Morgan fingerprint density at radius 1 is 1.18 bits per heavy atom. The largest absolute Gasteiger partial charge is 0.353 e. The maximum atomic E-state index is 11.8.